The molecule has 0 aliphatic carbocycles. The molecule has 0 spiro atoms. The third-order valence-electron chi connectivity index (χ3n) is 5.22. The van der Waals surface area contributed by atoms with Gasteiger partial charge in [0.25, 0.3) is 0 Å². The fourth-order valence-electron chi connectivity index (χ4n) is 3.39. The molecule has 1 unspecified atom stereocenters. The lowest BCUT2D eigenvalue weighted by atomic mass is 10.1. The van der Waals surface area contributed by atoms with Crippen molar-refractivity contribution in [3.05, 3.63) is 59.7 Å². The van der Waals surface area contributed by atoms with Crippen LogP contribution < -0.4 is 16.0 Å². The Morgan fingerprint density at radius 2 is 1.67 bits per heavy atom. The highest BCUT2D eigenvalue weighted by Gasteiger charge is 2.31. The zero-order valence-electron chi connectivity index (χ0n) is 16.4. The molecule has 1 aliphatic heterocycles. The van der Waals surface area contributed by atoms with E-state index in [1.165, 1.54) is 12.1 Å². The van der Waals surface area contributed by atoms with E-state index in [0.717, 1.165) is 17.8 Å². The predicted octanol–water partition coefficient (Wildman–Crippen LogP) is 2.95. The van der Waals surface area contributed by atoms with E-state index in [0.29, 0.717) is 31.7 Å². The number of primary amides is 1. The molecule has 0 bridgehead atoms. The Morgan fingerprint density at radius 3 is 2.23 bits per heavy atom. The number of piperazine rings is 1. The Balaban J connectivity index is 1.56. The van der Waals surface area contributed by atoms with Gasteiger partial charge < -0.3 is 16.0 Å². The number of rotatable bonds is 5. The summed E-state index contributed by atoms with van der Waals surface area (Å²) in [7, 11) is 0. The van der Waals surface area contributed by atoms with Crippen LogP contribution in [0.5, 0.6) is 0 Å². The lowest BCUT2D eigenvalue weighted by Gasteiger charge is -2.38. The summed E-state index contributed by atoms with van der Waals surface area (Å²) in [4.78, 5) is 27.8. The normalized spacial score (nSPS) is 16.2. The molecule has 3 N–H and O–H groups in total. The molecular weight excluding hydrogens is 397 g/mol. The van der Waals surface area contributed by atoms with Gasteiger partial charge in [-0.15, -0.1) is 0 Å². The molecule has 3 rings (SSSR count). The number of carbonyl (C=O) groups excluding carboxylic acids is 2. The van der Waals surface area contributed by atoms with Gasteiger partial charge in [-0.05, 0) is 49.4 Å². The van der Waals surface area contributed by atoms with Crippen molar-refractivity contribution >= 4 is 23.2 Å². The smallest absolute Gasteiger partial charge is 0.369 e. The van der Waals surface area contributed by atoms with Gasteiger partial charge in [0.05, 0.1) is 11.6 Å². The standard InChI is InChI=1S/C21H23F3N4O2/c1-14(20(30)26-17-4-2-3-16(13-17)21(22,23)24)27-9-11-28(12-10-27)18-7-5-15(6-8-18)19(25)29/h2-8,13-14H,9-12H2,1H3,(H2,25,29)(H,26,30). The van der Waals surface area contributed by atoms with E-state index in [1.807, 2.05) is 17.0 Å². The minimum atomic E-state index is -4.46. The molecule has 2 amide bonds. The van der Waals surface area contributed by atoms with Crippen LogP contribution in [-0.2, 0) is 11.0 Å². The van der Waals surface area contributed by atoms with E-state index >= 15 is 0 Å². The van der Waals surface area contributed by atoms with Crippen molar-refractivity contribution in [2.24, 2.45) is 5.73 Å². The molecule has 1 saturated heterocycles. The summed E-state index contributed by atoms with van der Waals surface area (Å²) >= 11 is 0. The Labute approximate surface area is 172 Å². The lowest BCUT2D eigenvalue weighted by Crippen LogP contribution is -2.52. The number of nitrogens with two attached hydrogens (primary N) is 1. The maximum atomic E-state index is 12.8. The molecule has 0 radical (unpaired) electrons. The molecule has 1 heterocycles. The van der Waals surface area contributed by atoms with Crippen LogP contribution in [0.15, 0.2) is 48.5 Å². The SMILES string of the molecule is CC(C(=O)Nc1cccc(C(F)(F)F)c1)N1CCN(c2ccc(C(N)=O)cc2)CC1. The quantitative estimate of drug-likeness (QED) is 0.780. The van der Waals surface area contributed by atoms with Gasteiger partial charge in [-0.3, -0.25) is 14.5 Å². The summed E-state index contributed by atoms with van der Waals surface area (Å²) in [5.74, 6) is -0.833. The average Bonchev–Trinajstić information content (AvgIpc) is 2.73. The Morgan fingerprint density at radius 1 is 1.03 bits per heavy atom. The van der Waals surface area contributed by atoms with Gasteiger partial charge in [0.1, 0.15) is 0 Å². The highest BCUT2D eigenvalue weighted by atomic mass is 19.4. The minimum absolute atomic E-state index is 0.120. The van der Waals surface area contributed by atoms with Crippen molar-refractivity contribution in [1.82, 2.24) is 4.90 Å². The van der Waals surface area contributed by atoms with Gasteiger partial charge in [0.15, 0.2) is 0 Å². The molecule has 9 heteroatoms. The topological polar surface area (TPSA) is 78.7 Å². The predicted molar refractivity (Wildman–Crippen MR) is 108 cm³/mol. The van der Waals surface area contributed by atoms with Crippen molar-refractivity contribution in [2.75, 3.05) is 36.4 Å². The maximum Gasteiger partial charge on any atom is 0.416 e. The van der Waals surface area contributed by atoms with Gasteiger partial charge in [0.2, 0.25) is 11.8 Å². The van der Waals surface area contributed by atoms with Crippen molar-refractivity contribution < 1.29 is 22.8 Å². The fourth-order valence-corrected chi connectivity index (χ4v) is 3.39. The number of carbonyl (C=O) groups is 2. The van der Waals surface area contributed by atoms with Crippen LogP contribution in [0.1, 0.15) is 22.8 Å². The number of hydrogen-bond acceptors (Lipinski definition) is 4. The first kappa shape index (κ1) is 21.6. The van der Waals surface area contributed by atoms with E-state index in [-0.39, 0.29) is 11.6 Å². The maximum absolute atomic E-state index is 12.8. The van der Waals surface area contributed by atoms with E-state index < -0.39 is 23.7 Å². The first-order valence-corrected chi connectivity index (χ1v) is 9.52. The van der Waals surface area contributed by atoms with Crippen LogP contribution in [0.2, 0.25) is 0 Å². The average molecular weight is 420 g/mol. The fraction of sp³-hybridized carbons (Fsp3) is 0.333. The second-order valence-electron chi connectivity index (χ2n) is 7.18. The molecule has 0 saturated carbocycles. The summed E-state index contributed by atoms with van der Waals surface area (Å²) in [6, 6.07) is 11.1. The lowest BCUT2D eigenvalue weighted by molar-refractivity contribution is -0.137. The summed E-state index contributed by atoms with van der Waals surface area (Å²) in [5, 5.41) is 2.57. The Hall–Kier alpha value is -3.07. The number of amides is 2. The van der Waals surface area contributed by atoms with Crippen LogP contribution in [0.4, 0.5) is 24.5 Å². The van der Waals surface area contributed by atoms with Crippen LogP contribution in [0.3, 0.4) is 0 Å². The van der Waals surface area contributed by atoms with Crippen LogP contribution in [-0.4, -0.2) is 48.9 Å². The van der Waals surface area contributed by atoms with Crippen LogP contribution >= 0.6 is 0 Å². The molecule has 1 fully saturated rings. The number of hydrogen-bond donors (Lipinski definition) is 2. The zero-order valence-corrected chi connectivity index (χ0v) is 16.4. The number of benzene rings is 2. The summed E-state index contributed by atoms with van der Waals surface area (Å²) in [5.41, 5.74) is 5.97. The first-order valence-electron chi connectivity index (χ1n) is 9.52. The zero-order chi connectivity index (χ0) is 21.9. The molecule has 6 nitrogen and oxygen atoms in total. The second kappa shape index (κ2) is 8.74. The third kappa shape index (κ3) is 5.10. The van der Waals surface area contributed by atoms with E-state index in [9.17, 15) is 22.8 Å². The second-order valence-corrected chi connectivity index (χ2v) is 7.18. The molecule has 30 heavy (non-hydrogen) atoms. The van der Waals surface area contributed by atoms with Crippen molar-refractivity contribution in [3.63, 3.8) is 0 Å². The highest BCUT2D eigenvalue weighted by molar-refractivity contribution is 5.94. The summed E-state index contributed by atoms with van der Waals surface area (Å²) < 4.78 is 38.5. The Bertz CT molecular complexity index is 907. The van der Waals surface area contributed by atoms with Gasteiger partial charge in [0, 0.05) is 43.1 Å². The molecule has 0 aromatic heterocycles. The van der Waals surface area contributed by atoms with E-state index in [4.69, 9.17) is 5.73 Å². The van der Waals surface area contributed by atoms with Gasteiger partial charge >= 0.3 is 6.18 Å². The summed E-state index contributed by atoms with van der Waals surface area (Å²) in [6.07, 6.45) is -4.46. The van der Waals surface area contributed by atoms with Crippen molar-refractivity contribution in [2.45, 2.75) is 19.1 Å². The van der Waals surface area contributed by atoms with E-state index in [1.54, 1.807) is 19.1 Å². The molecule has 2 aromatic rings. The van der Waals surface area contributed by atoms with E-state index in [2.05, 4.69) is 10.2 Å². The minimum Gasteiger partial charge on any atom is -0.369 e. The summed E-state index contributed by atoms with van der Waals surface area (Å²) in [6.45, 7) is 4.33. The number of halogens is 3. The first-order chi connectivity index (χ1) is 14.1. The van der Waals surface area contributed by atoms with Crippen molar-refractivity contribution in [1.29, 1.82) is 0 Å². The van der Waals surface area contributed by atoms with Gasteiger partial charge in [-0.1, -0.05) is 6.07 Å². The third-order valence-corrected chi connectivity index (χ3v) is 5.22. The van der Waals surface area contributed by atoms with Gasteiger partial charge in [-0.2, -0.15) is 13.2 Å². The molecule has 160 valence electrons. The Kier molecular flexibility index (Phi) is 6.31. The molecular formula is C21H23F3N4O2. The van der Waals surface area contributed by atoms with Crippen LogP contribution in [0, 0.1) is 0 Å². The number of nitrogens with one attached hydrogen (secondary N) is 1. The van der Waals surface area contributed by atoms with Crippen LogP contribution in [0.25, 0.3) is 0 Å². The number of nitrogens with zero attached hydrogens (tertiary/aromatic N) is 2. The monoisotopic (exact) mass is 420 g/mol. The number of anilines is 2. The largest absolute Gasteiger partial charge is 0.416 e. The molecule has 1 aliphatic rings. The van der Waals surface area contributed by atoms with Crippen molar-refractivity contribution in [3.8, 4) is 0 Å². The highest BCUT2D eigenvalue weighted by Crippen LogP contribution is 2.30. The molecule has 2 aromatic carbocycles. The molecule has 1 atom stereocenters. The number of alkyl halides is 3. The van der Waals surface area contributed by atoms with Gasteiger partial charge in [-0.25, -0.2) is 0 Å².